The second-order valence-electron chi connectivity index (χ2n) is 4.52. The van der Waals surface area contributed by atoms with E-state index in [1.165, 1.54) is 6.33 Å². The molecular formula is C15H16Cl2N4O. The van der Waals surface area contributed by atoms with Gasteiger partial charge in [0.1, 0.15) is 17.8 Å². The van der Waals surface area contributed by atoms with Crippen molar-refractivity contribution in [2.24, 2.45) is 0 Å². The van der Waals surface area contributed by atoms with Gasteiger partial charge in [-0.2, -0.15) is 0 Å². The highest BCUT2D eigenvalue weighted by molar-refractivity contribution is 6.36. The van der Waals surface area contributed by atoms with Gasteiger partial charge in [-0.3, -0.25) is 4.79 Å². The number of aromatic nitrogens is 2. The zero-order valence-corrected chi connectivity index (χ0v) is 13.8. The molecule has 0 spiro atoms. The van der Waals surface area contributed by atoms with E-state index >= 15 is 0 Å². The van der Waals surface area contributed by atoms with Gasteiger partial charge < -0.3 is 10.2 Å². The molecule has 2 rings (SSSR count). The van der Waals surface area contributed by atoms with Crippen LogP contribution in [0.2, 0.25) is 10.0 Å². The van der Waals surface area contributed by atoms with E-state index in [0.717, 1.165) is 0 Å². The van der Waals surface area contributed by atoms with Crippen molar-refractivity contribution < 1.29 is 4.79 Å². The highest BCUT2D eigenvalue weighted by Gasteiger charge is 2.15. The monoisotopic (exact) mass is 338 g/mol. The highest BCUT2D eigenvalue weighted by atomic mass is 35.5. The Bertz CT molecular complexity index is 674. The van der Waals surface area contributed by atoms with E-state index in [2.05, 4.69) is 15.3 Å². The SMILES string of the molecule is CCN(CC)C(=O)c1cc(Nc2ccc(Cl)cc2Cl)ncn1. The molecule has 1 aromatic carbocycles. The summed E-state index contributed by atoms with van der Waals surface area (Å²) in [5, 5.41) is 4.08. The van der Waals surface area contributed by atoms with Gasteiger partial charge in [0.25, 0.3) is 5.91 Å². The number of benzene rings is 1. The molecule has 0 aliphatic rings. The van der Waals surface area contributed by atoms with Gasteiger partial charge in [-0.1, -0.05) is 23.2 Å². The minimum Gasteiger partial charge on any atom is -0.339 e. The highest BCUT2D eigenvalue weighted by Crippen LogP contribution is 2.27. The number of hydrogen-bond donors (Lipinski definition) is 1. The van der Waals surface area contributed by atoms with Crippen LogP contribution in [0.1, 0.15) is 24.3 Å². The van der Waals surface area contributed by atoms with E-state index in [1.807, 2.05) is 13.8 Å². The molecule has 0 aliphatic carbocycles. The minimum atomic E-state index is -0.127. The number of carbonyl (C=O) groups is 1. The first-order valence-electron chi connectivity index (χ1n) is 6.88. The lowest BCUT2D eigenvalue weighted by molar-refractivity contribution is 0.0767. The number of carbonyl (C=O) groups excluding carboxylic acids is 1. The summed E-state index contributed by atoms with van der Waals surface area (Å²) in [7, 11) is 0. The van der Waals surface area contributed by atoms with Gasteiger partial charge in [-0.25, -0.2) is 9.97 Å². The molecule has 0 bridgehead atoms. The third-order valence-corrected chi connectivity index (χ3v) is 3.68. The van der Waals surface area contributed by atoms with E-state index in [9.17, 15) is 4.79 Å². The van der Waals surface area contributed by atoms with Crippen molar-refractivity contribution in [2.75, 3.05) is 18.4 Å². The van der Waals surface area contributed by atoms with Gasteiger partial charge in [0.2, 0.25) is 0 Å². The van der Waals surface area contributed by atoms with Crippen LogP contribution in [-0.4, -0.2) is 33.9 Å². The Kier molecular flexibility index (Phi) is 5.57. The number of hydrogen-bond acceptors (Lipinski definition) is 4. The van der Waals surface area contributed by atoms with Crippen molar-refractivity contribution in [3.8, 4) is 0 Å². The summed E-state index contributed by atoms with van der Waals surface area (Å²) in [6.07, 6.45) is 1.35. The van der Waals surface area contributed by atoms with Crippen LogP contribution in [0.15, 0.2) is 30.6 Å². The predicted octanol–water partition coefficient (Wildman–Crippen LogP) is 4.01. The van der Waals surface area contributed by atoms with Crippen LogP contribution in [0.25, 0.3) is 0 Å². The largest absolute Gasteiger partial charge is 0.339 e. The molecule has 1 amide bonds. The number of nitrogens with zero attached hydrogens (tertiary/aromatic N) is 3. The average molecular weight is 339 g/mol. The second-order valence-corrected chi connectivity index (χ2v) is 5.36. The Hall–Kier alpha value is -1.85. The van der Waals surface area contributed by atoms with Gasteiger partial charge in [0.05, 0.1) is 10.7 Å². The van der Waals surface area contributed by atoms with Crippen molar-refractivity contribution in [1.29, 1.82) is 0 Å². The Morgan fingerprint density at radius 1 is 1.18 bits per heavy atom. The third-order valence-electron chi connectivity index (χ3n) is 3.13. The van der Waals surface area contributed by atoms with Gasteiger partial charge in [0.15, 0.2) is 0 Å². The Balaban J connectivity index is 2.23. The normalized spacial score (nSPS) is 10.4. The molecular weight excluding hydrogens is 323 g/mol. The molecule has 1 heterocycles. The number of nitrogens with one attached hydrogen (secondary N) is 1. The summed E-state index contributed by atoms with van der Waals surface area (Å²) in [6, 6.07) is 6.71. The molecule has 0 radical (unpaired) electrons. The summed E-state index contributed by atoms with van der Waals surface area (Å²) in [6.45, 7) is 5.11. The maximum Gasteiger partial charge on any atom is 0.272 e. The lowest BCUT2D eigenvalue weighted by Gasteiger charge is -2.18. The molecule has 116 valence electrons. The Morgan fingerprint density at radius 3 is 2.55 bits per heavy atom. The smallest absolute Gasteiger partial charge is 0.272 e. The molecule has 7 heteroatoms. The van der Waals surface area contributed by atoms with E-state index in [0.29, 0.717) is 40.3 Å². The molecule has 0 atom stereocenters. The van der Waals surface area contributed by atoms with Gasteiger partial charge in [-0.05, 0) is 32.0 Å². The number of anilines is 2. The van der Waals surface area contributed by atoms with Crippen LogP contribution < -0.4 is 5.32 Å². The van der Waals surface area contributed by atoms with Gasteiger partial charge >= 0.3 is 0 Å². The summed E-state index contributed by atoms with van der Waals surface area (Å²) in [4.78, 5) is 22.1. The summed E-state index contributed by atoms with van der Waals surface area (Å²) >= 11 is 12.0. The standard InChI is InChI=1S/C15H16Cl2N4O/c1-3-21(4-2)15(22)13-8-14(19-9-18-13)20-12-6-5-10(16)7-11(12)17/h5-9H,3-4H2,1-2H3,(H,18,19,20). The van der Waals surface area contributed by atoms with Crippen molar-refractivity contribution >= 4 is 40.6 Å². The third kappa shape index (κ3) is 3.87. The molecule has 1 aromatic heterocycles. The van der Waals surface area contributed by atoms with Gasteiger partial charge in [0, 0.05) is 24.2 Å². The van der Waals surface area contributed by atoms with Crippen molar-refractivity contribution in [3.63, 3.8) is 0 Å². The first kappa shape index (κ1) is 16.5. The molecule has 1 N–H and O–H groups in total. The van der Waals surface area contributed by atoms with Crippen LogP contribution in [0.5, 0.6) is 0 Å². The molecule has 0 saturated heterocycles. The Labute approximate surface area is 139 Å². The minimum absolute atomic E-state index is 0.127. The predicted molar refractivity (Wildman–Crippen MR) is 89.0 cm³/mol. The van der Waals surface area contributed by atoms with E-state index < -0.39 is 0 Å². The summed E-state index contributed by atoms with van der Waals surface area (Å²) in [5.74, 6) is 0.368. The van der Waals surface area contributed by atoms with Crippen LogP contribution in [0.4, 0.5) is 11.5 Å². The quantitative estimate of drug-likeness (QED) is 0.894. The maximum atomic E-state index is 12.3. The second kappa shape index (κ2) is 7.42. The molecule has 0 unspecified atom stereocenters. The van der Waals surface area contributed by atoms with Crippen LogP contribution in [0.3, 0.4) is 0 Å². The fourth-order valence-corrected chi connectivity index (χ4v) is 2.40. The first-order valence-corrected chi connectivity index (χ1v) is 7.64. The Morgan fingerprint density at radius 2 is 1.91 bits per heavy atom. The van der Waals surface area contributed by atoms with Crippen molar-refractivity contribution in [3.05, 3.63) is 46.3 Å². The molecule has 0 fully saturated rings. The van der Waals surface area contributed by atoms with Crippen molar-refractivity contribution in [2.45, 2.75) is 13.8 Å². The zero-order valence-electron chi connectivity index (χ0n) is 12.3. The summed E-state index contributed by atoms with van der Waals surface area (Å²) < 4.78 is 0. The lowest BCUT2D eigenvalue weighted by Crippen LogP contribution is -2.31. The molecule has 5 nitrogen and oxygen atoms in total. The lowest BCUT2D eigenvalue weighted by atomic mass is 10.3. The maximum absolute atomic E-state index is 12.3. The molecule has 2 aromatic rings. The van der Waals surface area contributed by atoms with Crippen molar-refractivity contribution in [1.82, 2.24) is 14.9 Å². The van der Waals surface area contributed by atoms with E-state index in [1.54, 1.807) is 29.2 Å². The number of amides is 1. The number of halogens is 2. The van der Waals surface area contributed by atoms with Gasteiger partial charge in [-0.15, -0.1) is 0 Å². The fraction of sp³-hybridized carbons (Fsp3) is 0.267. The van der Waals surface area contributed by atoms with E-state index in [4.69, 9.17) is 23.2 Å². The molecule has 0 aliphatic heterocycles. The summed E-state index contributed by atoms with van der Waals surface area (Å²) in [5.41, 5.74) is 0.997. The first-order chi connectivity index (χ1) is 10.5. The topological polar surface area (TPSA) is 58.1 Å². The van der Waals surface area contributed by atoms with Crippen LogP contribution >= 0.6 is 23.2 Å². The van der Waals surface area contributed by atoms with Crippen LogP contribution in [-0.2, 0) is 0 Å². The van der Waals surface area contributed by atoms with Crippen LogP contribution in [0, 0.1) is 0 Å². The fourth-order valence-electron chi connectivity index (χ4n) is 1.94. The van der Waals surface area contributed by atoms with E-state index in [-0.39, 0.29) is 5.91 Å². The molecule has 22 heavy (non-hydrogen) atoms. The average Bonchev–Trinajstić information content (AvgIpc) is 2.51. The molecule has 0 saturated carbocycles. The number of rotatable bonds is 5. The zero-order chi connectivity index (χ0) is 16.1.